The lowest BCUT2D eigenvalue weighted by Crippen LogP contribution is -2.36. The summed E-state index contributed by atoms with van der Waals surface area (Å²) in [7, 11) is 0.972. The number of hydrogen-bond donors (Lipinski definition) is 1. The van der Waals surface area contributed by atoms with Crippen molar-refractivity contribution in [3.8, 4) is 0 Å². The highest BCUT2D eigenvalue weighted by Crippen LogP contribution is 2.17. The van der Waals surface area contributed by atoms with Crippen LogP contribution in [-0.2, 0) is 10.0 Å². The molecule has 1 fully saturated rings. The summed E-state index contributed by atoms with van der Waals surface area (Å²) in [6, 6.07) is 0.374. The molecule has 1 atom stereocenters. The fraction of sp³-hybridized carbons (Fsp3) is 1.00. The van der Waals surface area contributed by atoms with Crippen LogP contribution in [0.2, 0.25) is 0 Å². The third-order valence-corrected chi connectivity index (χ3v) is 5.18. The first-order valence-corrected chi connectivity index (χ1v) is 7.93. The lowest BCUT2D eigenvalue weighted by Gasteiger charge is -2.20. The number of likely N-dealkylation sites (N-methyl/N-ethyl adjacent to an activating group) is 1. The molecular weight excluding hydrogens is 238 g/mol. The Morgan fingerprint density at radius 3 is 2.65 bits per heavy atom. The minimum atomic E-state index is -3.04. The molecule has 1 rings (SSSR count). The van der Waals surface area contributed by atoms with E-state index in [9.17, 15) is 8.42 Å². The summed E-state index contributed by atoms with van der Waals surface area (Å²) in [5.41, 5.74) is 0. The van der Waals surface area contributed by atoms with E-state index in [2.05, 4.69) is 10.2 Å². The van der Waals surface area contributed by atoms with Crippen molar-refractivity contribution in [3.63, 3.8) is 0 Å². The zero-order chi connectivity index (χ0) is 12.9. The van der Waals surface area contributed by atoms with Gasteiger partial charge in [-0.3, -0.25) is 0 Å². The summed E-state index contributed by atoms with van der Waals surface area (Å²) in [6.07, 6.45) is 1.64. The van der Waals surface area contributed by atoms with Gasteiger partial charge in [-0.15, -0.1) is 0 Å². The van der Waals surface area contributed by atoms with Gasteiger partial charge in [0.2, 0.25) is 10.0 Å². The molecule has 0 aliphatic carbocycles. The molecule has 0 bridgehead atoms. The Bertz CT molecular complexity index is 317. The maximum Gasteiger partial charge on any atom is 0.214 e. The zero-order valence-electron chi connectivity index (χ0n) is 11.1. The van der Waals surface area contributed by atoms with Gasteiger partial charge in [-0.1, -0.05) is 6.92 Å². The third kappa shape index (κ3) is 4.54. The van der Waals surface area contributed by atoms with Gasteiger partial charge in [0, 0.05) is 19.1 Å². The summed E-state index contributed by atoms with van der Waals surface area (Å²) in [4.78, 5) is 2.11. The predicted octanol–water partition coefficient (Wildman–Crippen LogP) is -0.0483. The second-order valence-electron chi connectivity index (χ2n) is 4.79. The van der Waals surface area contributed by atoms with Gasteiger partial charge in [-0.2, -0.15) is 0 Å². The van der Waals surface area contributed by atoms with Crippen LogP contribution in [-0.4, -0.2) is 69.7 Å². The monoisotopic (exact) mass is 263 g/mol. The molecule has 1 heterocycles. The van der Waals surface area contributed by atoms with Gasteiger partial charge in [0.1, 0.15) is 0 Å². The van der Waals surface area contributed by atoms with Crippen LogP contribution in [0.15, 0.2) is 0 Å². The van der Waals surface area contributed by atoms with Crippen molar-refractivity contribution < 1.29 is 8.42 Å². The Morgan fingerprint density at radius 1 is 1.41 bits per heavy atom. The average molecular weight is 263 g/mol. The molecule has 17 heavy (non-hydrogen) atoms. The molecule has 0 aromatic carbocycles. The fourth-order valence-corrected chi connectivity index (χ4v) is 3.62. The lowest BCUT2D eigenvalue weighted by molar-refractivity contribution is 0.302. The summed E-state index contributed by atoms with van der Waals surface area (Å²) in [6.45, 7) is 5.02. The second-order valence-corrected chi connectivity index (χ2v) is 6.88. The molecule has 6 heteroatoms. The van der Waals surface area contributed by atoms with Crippen molar-refractivity contribution in [1.82, 2.24) is 14.5 Å². The molecule has 0 saturated carbocycles. The van der Waals surface area contributed by atoms with E-state index in [1.54, 1.807) is 4.31 Å². The molecule has 0 aromatic heterocycles. The standard InChI is InChI=1S/C11H25N3O2S/c1-4-12-7-5-9-17(15,16)14-8-6-11(10-14)13(2)3/h11-12H,4-10H2,1-3H3. The van der Waals surface area contributed by atoms with Crippen LogP contribution in [0, 0.1) is 0 Å². The van der Waals surface area contributed by atoms with Crippen molar-refractivity contribution in [3.05, 3.63) is 0 Å². The summed E-state index contributed by atoms with van der Waals surface area (Å²) in [5.74, 6) is 0.264. The molecule has 102 valence electrons. The van der Waals surface area contributed by atoms with Crippen LogP contribution >= 0.6 is 0 Å². The van der Waals surface area contributed by atoms with E-state index in [1.807, 2.05) is 21.0 Å². The van der Waals surface area contributed by atoms with Crippen LogP contribution in [0.3, 0.4) is 0 Å². The smallest absolute Gasteiger partial charge is 0.214 e. The molecule has 1 saturated heterocycles. The normalized spacial score (nSPS) is 22.5. The SMILES string of the molecule is CCNCCCS(=O)(=O)N1CCC(N(C)C)C1. The largest absolute Gasteiger partial charge is 0.317 e. The molecule has 5 nitrogen and oxygen atoms in total. The first-order chi connectivity index (χ1) is 7.97. The van der Waals surface area contributed by atoms with Crippen molar-refractivity contribution in [2.75, 3.05) is 46.0 Å². The topological polar surface area (TPSA) is 52.7 Å². The Labute approximate surface area is 105 Å². The molecule has 1 aliphatic rings. The predicted molar refractivity (Wildman–Crippen MR) is 70.6 cm³/mol. The third-order valence-electron chi connectivity index (χ3n) is 3.26. The minimum Gasteiger partial charge on any atom is -0.317 e. The number of nitrogens with zero attached hydrogens (tertiary/aromatic N) is 2. The summed E-state index contributed by atoms with van der Waals surface area (Å²) < 4.78 is 25.7. The minimum absolute atomic E-state index is 0.264. The van der Waals surface area contributed by atoms with E-state index in [0.29, 0.717) is 25.6 Å². The Morgan fingerprint density at radius 2 is 2.12 bits per heavy atom. The van der Waals surface area contributed by atoms with Crippen LogP contribution in [0.4, 0.5) is 0 Å². The van der Waals surface area contributed by atoms with E-state index in [-0.39, 0.29) is 5.75 Å². The van der Waals surface area contributed by atoms with Gasteiger partial charge < -0.3 is 10.2 Å². The van der Waals surface area contributed by atoms with E-state index in [4.69, 9.17) is 0 Å². The number of rotatable bonds is 7. The maximum absolute atomic E-state index is 12.0. The number of nitrogens with one attached hydrogen (secondary N) is 1. The fourth-order valence-electron chi connectivity index (χ4n) is 2.07. The van der Waals surface area contributed by atoms with Crippen LogP contribution in [0.5, 0.6) is 0 Å². The molecular formula is C11H25N3O2S. The summed E-state index contributed by atoms with van der Waals surface area (Å²) >= 11 is 0. The number of sulfonamides is 1. The first-order valence-electron chi connectivity index (χ1n) is 6.32. The Hall–Kier alpha value is -0.170. The van der Waals surface area contributed by atoms with Gasteiger partial charge in [0.25, 0.3) is 0 Å². The number of hydrogen-bond acceptors (Lipinski definition) is 4. The van der Waals surface area contributed by atoms with Gasteiger partial charge >= 0.3 is 0 Å². The average Bonchev–Trinajstić information content (AvgIpc) is 2.74. The van der Waals surface area contributed by atoms with Crippen molar-refractivity contribution in [1.29, 1.82) is 0 Å². The molecule has 0 spiro atoms. The first kappa shape index (κ1) is 14.9. The van der Waals surface area contributed by atoms with Gasteiger partial charge in [0.15, 0.2) is 0 Å². The summed E-state index contributed by atoms with van der Waals surface area (Å²) in [5, 5.41) is 3.15. The molecule has 0 amide bonds. The van der Waals surface area contributed by atoms with Crippen molar-refractivity contribution in [2.45, 2.75) is 25.8 Å². The zero-order valence-corrected chi connectivity index (χ0v) is 12.0. The molecule has 1 N–H and O–H groups in total. The van der Waals surface area contributed by atoms with E-state index >= 15 is 0 Å². The Balaban J connectivity index is 2.38. The highest BCUT2D eigenvalue weighted by molar-refractivity contribution is 7.89. The van der Waals surface area contributed by atoms with Crippen LogP contribution < -0.4 is 5.32 Å². The maximum atomic E-state index is 12.0. The van der Waals surface area contributed by atoms with Crippen molar-refractivity contribution >= 4 is 10.0 Å². The van der Waals surface area contributed by atoms with E-state index in [1.165, 1.54) is 0 Å². The molecule has 0 aromatic rings. The molecule has 1 aliphatic heterocycles. The van der Waals surface area contributed by atoms with E-state index in [0.717, 1.165) is 19.5 Å². The van der Waals surface area contributed by atoms with Crippen LogP contribution in [0.1, 0.15) is 19.8 Å². The Kier molecular flexibility index (Phi) is 5.85. The second kappa shape index (κ2) is 6.68. The van der Waals surface area contributed by atoms with E-state index < -0.39 is 10.0 Å². The van der Waals surface area contributed by atoms with Crippen molar-refractivity contribution in [2.24, 2.45) is 0 Å². The highest BCUT2D eigenvalue weighted by atomic mass is 32.2. The quantitative estimate of drug-likeness (QED) is 0.655. The van der Waals surface area contributed by atoms with Gasteiger partial charge in [-0.25, -0.2) is 12.7 Å². The van der Waals surface area contributed by atoms with Gasteiger partial charge in [0.05, 0.1) is 5.75 Å². The highest BCUT2D eigenvalue weighted by Gasteiger charge is 2.31. The lowest BCUT2D eigenvalue weighted by atomic mass is 10.2. The molecule has 0 radical (unpaired) electrons. The molecule has 1 unspecified atom stereocenters. The van der Waals surface area contributed by atoms with Gasteiger partial charge in [-0.05, 0) is 40.0 Å². The van der Waals surface area contributed by atoms with Crippen LogP contribution in [0.25, 0.3) is 0 Å².